The zero-order valence-corrected chi connectivity index (χ0v) is 8.66. The van der Waals surface area contributed by atoms with Gasteiger partial charge in [0.1, 0.15) is 6.33 Å². The highest BCUT2D eigenvalue weighted by atomic mass is 32.1. The molecule has 2 aromatic heterocycles. The van der Waals surface area contributed by atoms with E-state index in [4.69, 9.17) is 0 Å². The summed E-state index contributed by atoms with van der Waals surface area (Å²) in [5, 5.41) is 7.54. The SMILES string of the molecule is CC(Nc1cncnc1)c1ccsc1. The third-order valence-electron chi connectivity index (χ3n) is 1.99. The average molecular weight is 205 g/mol. The van der Waals surface area contributed by atoms with Gasteiger partial charge in [0.05, 0.1) is 18.1 Å². The summed E-state index contributed by atoms with van der Waals surface area (Å²) in [6.07, 6.45) is 5.08. The van der Waals surface area contributed by atoms with Crippen molar-refractivity contribution in [3.8, 4) is 0 Å². The van der Waals surface area contributed by atoms with Crippen molar-refractivity contribution in [3.63, 3.8) is 0 Å². The Morgan fingerprint density at radius 2 is 2.14 bits per heavy atom. The van der Waals surface area contributed by atoms with Crippen LogP contribution in [0.15, 0.2) is 35.5 Å². The molecule has 0 aliphatic carbocycles. The van der Waals surface area contributed by atoms with Crippen molar-refractivity contribution in [1.29, 1.82) is 0 Å². The number of thiophene rings is 1. The van der Waals surface area contributed by atoms with Crippen LogP contribution >= 0.6 is 11.3 Å². The first-order chi connectivity index (χ1) is 6.86. The first kappa shape index (κ1) is 9.15. The van der Waals surface area contributed by atoms with E-state index >= 15 is 0 Å². The molecule has 72 valence electrons. The predicted molar refractivity (Wildman–Crippen MR) is 58.4 cm³/mol. The molecule has 0 amide bonds. The van der Waals surface area contributed by atoms with Crippen molar-refractivity contribution in [2.24, 2.45) is 0 Å². The molecule has 0 saturated heterocycles. The minimum absolute atomic E-state index is 0.298. The van der Waals surface area contributed by atoms with Crippen molar-refractivity contribution in [2.75, 3.05) is 5.32 Å². The molecule has 1 N–H and O–H groups in total. The van der Waals surface area contributed by atoms with Crippen molar-refractivity contribution in [2.45, 2.75) is 13.0 Å². The van der Waals surface area contributed by atoms with Gasteiger partial charge in [-0.15, -0.1) is 0 Å². The molecule has 2 rings (SSSR count). The first-order valence-electron chi connectivity index (χ1n) is 4.40. The topological polar surface area (TPSA) is 37.8 Å². The number of hydrogen-bond donors (Lipinski definition) is 1. The van der Waals surface area contributed by atoms with Gasteiger partial charge in [-0.3, -0.25) is 0 Å². The fourth-order valence-corrected chi connectivity index (χ4v) is 1.98. The van der Waals surface area contributed by atoms with E-state index in [-0.39, 0.29) is 0 Å². The molecule has 3 nitrogen and oxygen atoms in total. The summed E-state index contributed by atoms with van der Waals surface area (Å²) in [7, 11) is 0. The van der Waals surface area contributed by atoms with Crippen molar-refractivity contribution in [3.05, 3.63) is 41.1 Å². The molecule has 0 aliphatic heterocycles. The Labute approximate surface area is 86.8 Å². The van der Waals surface area contributed by atoms with Crippen LogP contribution in [-0.4, -0.2) is 9.97 Å². The molecule has 0 bridgehead atoms. The molecule has 0 aromatic carbocycles. The number of hydrogen-bond acceptors (Lipinski definition) is 4. The van der Waals surface area contributed by atoms with Crippen LogP contribution in [0.5, 0.6) is 0 Å². The minimum Gasteiger partial charge on any atom is -0.376 e. The molecule has 1 atom stereocenters. The fourth-order valence-electron chi connectivity index (χ4n) is 1.23. The van der Waals surface area contributed by atoms with E-state index in [0.29, 0.717) is 6.04 Å². The summed E-state index contributed by atoms with van der Waals surface area (Å²) in [5.41, 5.74) is 2.24. The van der Waals surface area contributed by atoms with E-state index < -0.39 is 0 Å². The quantitative estimate of drug-likeness (QED) is 0.837. The predicted octanol–water partition coefficient (Wildman–Crippen LogP) is 2.71. The van der Waals surface area contributed by atoms with Gasteiger partial charge in [-0.2, -0.15) is 11.3 Å². The van der Waals surface area contributed by atoms with E-state index in [1.54, 1.807) is 23.7 Å². The molecule has 4 heteroatoms. The molecule has 14 heavy (non-hydrogen) atoms. The lowest BCUT2D eigenvalue weighted by Gasteiger charge is -2.12. The lowest BCUT2D eigenvalue weighted by molar-refractivity contribution is 0.885. The molecule has 0 radical (unpaired) electrons. The maximum absolute atomic E-state index is 3.95. The Kier molecular flexibility index (Phi) is 2.74. The van der Waals surface area contributed by atoms with Gasteiger partial charge in [-0.1, -0.05) is 0 Å². The molecule has 0 fully saturated rings. The zero-order chi connectivity index (χ0) is 9.80. The molecule has 1 unspecified atom stereocenters. The van der Waals surface area contributed by atoms with E-state index in [0.717, 1.165) is 5.69 Å². The van der Waals surface area contributed by atoms with Crippen LogP contribution in [-0.2, 0) is 0 Å². The largest absolute Gasteiger partial charge is 0.376 e. The maximum Gasteiger partial charge on any atom is 0.115 e. The maximum atomic E-state index is 3.95. The Balaban J connectivity index is 2.06. The second-order valence-electron chi connectivity index (χ2n) is 3.05. The Hall–Kier alpha value is -1.42. The van der Waals surface area contributed by atoms with Gasteiger partial charge in [0, 0.05) is 6.04 Å². The highest BCUT2D eigenvalue weighted by molar-refractivity contribution is 7.07. The van der Waals surface area contributed by atoms with E-state index in [1.165, 1.54) is 11.9 Å². The van der Waals surface area contributed by atoms with Gasteiger partial charge in [0.2, 0.25) is 0 Å². The summed E-state index contributed by atoms with van der Waals surface area (Å²) >= 11 is 1.71. The van der Waals surface area contributed by atoms with Gasteiger partial charge in [0.25, 0.3) is 0 Å². The van der Waals surface area contributed by atoms with Crippen molar-refractivity contribution >= 4 is 17.0 Å². The summed E-state index contributed by atoms with van der Waals surface area (Å²) in [6.45, 7) is 2.12. The minimum atomic E-state index is 0.298. The summed E-state index contributed by atoms with van der Waals surface area (Å²) in [5.74, 6) is 0. The smallest absolute Gasteiger partial charge is 0.115 e. The highest BCUT2D eigenvalue weighted by Gasteiger charge is 2.04. The van der Waals surface area contributed by atoms with Crippen LogP contribution in [0, 0.1) is 0 Å². The van der Waals surface area contributed by atoms with Gasteiger partial charge in [-0.05, 0) is 29.3 Å². The monoisotopic (exact) mass is 205 g/mol. The fraction of sp³-hybridized carbons (Fsp3) is 0.200. The third-order valence-corrected chi connectivity index (χ3v) is 2.69. The lowest BCUT2D eigenvalue weighted by Crippen LogP contribution is -2.05. The molecule has 0 aliphatic rings. The number of aromatic nitrogens is 2. The highest BCUT2D eigenvalue weighted by Crippen LogP contribution is 2.19. The Morgan fingerprint density at radius 1 is 1.36 bits per heavy atom. The van der Waals surface area contributed by atoms with E-state index in [1.807, 2.05) is 0 Å². The number of anilines is 1. The second kappa shape index (κ2) is 4.19. The van der Waals surface area contributed by atoms with Gasteiger partial charge < -0.3 is 5.32 Å². The van der Waals surface area contributed by atoms with Gasteiger partial charge in [0.15, 0.2) is 0 Å². The Morgan fingerprint density at radius 3 is 2.79 bits per heavy atom. The molecule has 0 spiro atoms. The standard InChI is InChI=1S/C10H11N3S/c1-8(9-2-3-14-6-9)13-10-4-11-7-12-5-10/h2-8,13H,1H3. The van der Waals surface area contributed by atoms with E-state index in [9.17, 15) is 0 Å². The molecular formula is C10H11N3S. The third kappa shape index (κ3) is 2.09. The molecule has 2 heterocycles. The van der Waals surface area contributed by atoms with Crippen LogP contribution in [0.4, 0.5) is 5.69 Å². The summed E-state index contributed by atoms with van der Waals surface area (Å²) < 4.78 is 0. The van der Waals surface area contributed by atoms with E-state index in [2.05, 4.69) is 39.0 Å². The number of rotatable bonds is 3. The first-order valence-corrected chi connectivity index (χ1v) is 5.34. The van der Waals surface area contributed by atoms with Gasteiger partial charge in [-0.25, -0.2) is 9.97 Å². The average Bonchev–Trinajstić information content (AvgIpc) is 2.72. The van der Waals surface area contributed by atoms with Crippen LogP contribution in [0.2, 0.25) is 0 Å². The van der Waals surface area contributed by atoms with Crippen LogP contribution in [0.25, 0.3) is 0 Å². The normalized spacial score (nSPS) is 12.4. The van der Waals surface area contributed by atoms with Crippen LogP contribution in [0.1, 0.15) is 18.5 Å². The van der Waals surface area contributed by atoms with Crippen molar-refractivity contribution < 1.29 is 0 Å². The van der Waals surface area contributed by atoms with Gasteiger partial charge >= 0.3 is 0 Å². The van der Waals surface area contributed by atoms with Crippen LogP contribution < -0.4 is 5.32 Å². The van der Waals surface area contributed by atoms with Crippen molar-refractivity contribution in [1.82, 2.24) is 9.97 Å². The summed E-state index contributed by atoms with van der Waals surface area (Å²) in [4.78, 5) is 7.90. The summed E-state index contributed by atoms with van der Waals surface area (Å²) in [6, 6.07) is 2.42. The molecule has 0 saturated carbocycles. The molecular weight excluding hydrogens is 194 g/mol. The zero-order valence-electron chi connectivity index (χ0n) is 7.84. The molecule has 2 aromatic rings. The lowest BCUT2D eigenvalue weighted by atomic mass is 10.2. The second-order valence-corrected chi connectivity index (χ2v) is 3.83. The number of nitrogens with zero attached hydrogens (tertiary/aromatic N) is 2. The number of nitrogens with one attached hydrogen (secondary N) is 1. The van der Waals surface area contributed by atoms with Crippen LogP contribution in [0.3, 0.4) is 0 Å². The Bertz CT molecular complexity index is 372.